The molecule has 0 radical (unpaired) electrons. The topological polar surface area (TPSA) is 45.9 Å². The van der Waals surface area contributed by atoms with Crippen LogP contribution in [0, 0.1) is 14.9 Å². The van der Waals surface area contributed by atoms with E-state index < -0.39 is 12.2 Å². The van der Waals surface area contributed by atoms with Crippen LogP contribution in [0.25, 0.3) is 0 Å². The largest absolute Gasteiger partial charge is 0.574 e. The van der Waals surface area contributed by atoms with Gasteiger partial charge in [0.1, 0.15) is 0 Å². The summed E-state index contributed by atoms with van der Waals surface area (Å²) in [5.74, 6) is -0.482. The molecule has 0 spiro atoms. The van der Waals surface area contributed by atoms with Crippen molar-refractivity contribution in [3.05, 3.63) is 20.9 Å². The van der Waals surface area contributed by atoms with Crippen molar-refractivity contribution in [1.29, 1.82) is 5.26 Å². The van der Waals surface area contributed by atoms with E-state index in [2.05, 4.69) is 9.72 Å². The Kier molecular flexibility index (Phi) is 4.82. The van der Waals surface area contributed by atoms with Gasteiger partial charge in [0, 0.05) is 5.88 Å². The lowest BCUT2D eigenvalue weighted by Gasteiger charge is -2.12. The van der Waals surface area contributed by atoms with Crippen LogP contribution < -0.4 is 4.74 Å². The van der Waals surface area contributed by atoms with E-state index >= 15 is 0 Å². The highest BCUT2D eigenvalue weighted by Gasteiger charge is 2.33. The molecule has 0 aromatic carbocycles. The van der Waals surface area contributed by atoms with Gasteiger partial charge < -0.3 is 4.74 Å². The van der Waals surface area contributed by atoms with Crippen LogP contribution in [0.3, 0.4) is 0 Å². The second-order valence-corrected chi connectivity index (χ2v) is 4.33. The molecule has 0 aliphatic carbocycles. The summed E-state index contributed by atoms with van der Waals surface area (Å²) in [7, 11) is 0. The molecule has 0 atom stereocenters. The van der Waals surface area contributed by atoms with Crippen molar-refractivity contribution >= 4 is 34.2 Å². The minimum absolute atomic E-state index is 0.0757. The quantitative estimate of drug-likeness (QED) is 0.600. The predicted octanol–water partition coefficient (Wildman–Crippen LogP) is 3.39. The second kappa shape index (κ2) is 5.73. The Morgan fingerprint density at radius 3 is 2.65 bits per heavy atom. The van der Waals surface area contributed by atoms with Crippen LogP contribution in [-0.4, -0.2) is 11.3 Å². The highest BCUT2D eigenvalue weighted by molar-refractivity contribution is 14.1. The van der Waals surface area contributed by atoms with E-state index in [1.165, 1.54) is 6.07 Å². The maximum atomic E-state index is 12.1. The number of rotatable bonds is 3. The Hall–Kier alpha value is -0.750. The third-order valence-electron chi connectivity index (χ3n) is 1.72. The van der Waals surface area contributed by atoms with Gasteiger partial charge in [-0.1, -0.05) is 0 Å². The molecule has 0 saturated carbocycles. The number of hydrogen-bond acceptors (Lipinski definition) is 3. The summed E-state index contributed by atoms with van der Waals surface area (Å²) in [5.41, 5.74) is 0.717. The van der Waals surface area contributed by atoms with E-state index in [1.807, 2.05) is 6.07 Å². The van der Waals surface area contributed by atoms with Crippen LogP contribution in [0.5, 0.6) is 5.88 Å². The van der Waals surface area contributed by atoms with Gasteiger partial charge in [-0.15, -0.1) is 24.8 Å². The van der Waals surface area contributed by atoms with Crippen LogP contribution in [0.1, 0.15) is 11.3 Å². The molecule has 1 heterocycles. The Labute approximate surface area is 114 Å². The Bertz CT molecular complexity index is 459. The highest BCUT2D eigenvalue weighted by atomic mass is 127. The molecule has 17 heavy (non-hydrogen) atoms. The molecule has 0 saturated heterocycles. The summed E-state index contributed by atoms with van der Waals surface area (Å²) in [4.78, 5) is 3.66. The number of aromatic nitrogens is 1. The van der Waals surface area contributed by atoms with Crippen molar-refractivity contribution < 1.29 is 17.9 Å². The molecule has 92 valence electrons. The number of nitrogens with zero attached hydrogens (tertiary/aromatic N) is 2. The van der Waals surface area contributed by atoms with Crippen molar-refractivity contribution in [3.63, 3.8) is 0 Å². The summed E-state index contributed by atoms with van der Waals surface area (Å²) in [5, 5.41) is 8.53. The molecular weight excluding hydrogens is 371 g/mol. The molecule has 1 aromatic heterocycles. The summed E-state index contributed by atoms with van der Waals surface area (Å²) < 4.78 is 40.1. The van der Waals surface area contributed by atoms with E-state index in [0.29, 0.717) is 5.56 Å². The zero-order valence-electron chi connectivity index (χ0n) is 8.18. The maximum absolute atomic E-state index is 12.1. The summed E-state index contributed by atoms with van der Waals surface area (Å²) in [6, 6.07) is 3.23. The van der Waals surface area contributed by atoms with Crippen LogP contribution >= 0.6 is 34.2 Å². The molecule has 0 aliphatic heterocycles. The van der Waals surface area contributed by atoms with Crippen LogP contribution in [0.2, 0.25) is 0 Å². The van der Waals surface area contributed by atoms with Gasteiger partial charge >= 0.3 is 6.36 Å². The van der Waals surface area contributed by atoms with Crippen molar-refractivity contribution in [3.8, 4) is 11.9 Å². The molecule has 8 heteroatoms. The Morgan fingerprint density at radius 1 is 1.53 bits per heavy atom. The lowest BCUT2D eigenvalue weighted by atomic mass is 10.2. The van der Waals surface area contributed by atoms with E-state index in [9.17, 15) is 13.2 Å². The van der Waals surface area contributed by atoms with E-state index in [0.717, 1.165) is 0 Å². The minimum Gasteiger partial charge on any atom is -0.387 e. The highest BCUT2D eigenvalue weighted by Crippen LogP contribution is 2.28. The third-order valence-corrected chi connectivity index (χ3v) is 2.78. The van der Waals surface area contributed by atoms with Crippen LogP contribution in [0.15, 0.2) is 6.07 Å². The molecule has 1 rings (SSSR count). The van der Waals surface area contributed by atoms with E-state index in [-0.39, 0.29) is 21.6 Å². The van der Waals surface area contributed by atoms with E-state index in [4.69, 9.17) is 16.9 Å². The number of pyridine rings is 1. The number of ether oxygens (including phenoxy) is 1. The van der Waals surface area contributed by atoms with Crippen molar-refractivity contribution in [2.24, 2.45) is 0 Å². The number of hydrogen-bond donors (Lipinski definition) is 0. The van der Waals surface area contributed by atoms with Crippen LogP contribution in [0.4, 0.5) is 13.2 Å². The summed E-state index contributed by atoms with van der Waals surface area (Å²) in [6.45, 7) is 0. The van der Waals surface area contributed by atoms with Gasteiger partial charge in [-0.3, -0.25) is 0 Å². The molecule has 0 bridgehead atoms. The van der Waals surface area contributed by atoms with Crippen molar-refractivity contribution in [2.45, 2.75) is 18.7 Å². The molecule has 0 aliphatic rings. The molecule has 0 amide bonds. The van der Waals surface area contributed by atoms with Gasteiger partial charge in [-0.25, -0.2) is 4.98 Å². The van der Waals surface area contributed by atoms with Crippen molar-refractivity contribution in [1.82, 2.24) is 4.98 Å². The normalized spacial score (nSPS) is 11.1. The monoisotopic (exact) mass is 376 g/mol. The molecular formula is C9H5ClF3IN2O. The SMILES string of the molecule is N#CCc1nc(OC(F)(F)F)c(I)cc1CCl. The number of alkyl halides is 4. The summed E-state index contributed by atoms with van der Waals surface area (Å²) >= 11 is 7.27. The fourth-order valence-electron chi connectivity index (χ4n) is 1.07. The first kappa shape index (κ1) is 14.3. The Balaban J connectivity index is 3.16. The number of nitriles is 1. The molecule has 3 nitrogen and oxygen atoms in total. The average Bonchev–Trinajstić information content (AvgIpc) is 2.21. The standard InChI is InChI=1S/C9H5ClF3IN2O/c10-4-5-3-6(14)8(17-9(11,12)13)16-7(5)1-2-15/h3H,1,4H2. The molecule has 0 N–H and O–H groups in total. The van der Waals surface area contributed by atoms with Crippen molar-refractivity contribution in [2.75, 3.05) is 0 Å². The van der Waals surface area contributed by atoms with E-state index in [1.54, 1.807) is 22.6 Å². The zero-order valence-corrected chi connectivity index (χ0v) is 11.1. The molecule has 1 aromatic rings. The lowest BCUT2D eigenvalue weighted by molar-refractivity contribution is -0.276. The predicted molar refractivity (Wildman–Crippen MR) is 62.5 cm³/mol. The van der Waals surface area contributed by atoms with Gasteiger partial charge in [0.25, 0.3) is 0 Å². The average molecular weight is 377 g/mol. The van der Waals surface area contributed by atoms with Gasteiger partial charge in [0.05, 0.1) is 21.8 Å². The first-order chi connectivity index (χ1) is 7.87. The summed E-state index contributed by atoms with van der Waals surface area (Å²) in [6.07, 6.45) is -4.92. The minimum atomic E-state index is -4.81. The van der Waals surface area contributed by atoms with Gasteiger partial charge in [0.2, 0.25) is 5.88 Å². The fraction of sp³-hybridized carbons (Fsp3) is 0.333. The smallest absolute Gasteiger partial charge is 0.387 e. The van der Waals surface area contributed by atoms with Gasteiger partial charge in [0.15, 0.2) is 0 Å². The van der Waals surface area contributed by atoms with Gasteiger partial charge in [-0.05, 0) is 34.2 Å². The second-order valence-electron chi connectivity index (χ2n) is 2.90. The molecule has 0 fully saturated rings. The maximum Gasteiger partial charge on any atom is 0.574 e. The van der Waals surface area contributed by atoms with Crippen LogP contribution in [-0.2, 0) is 12.3 Å². The number of halogens is 5. The first-order valence-corrected chi connectivity index (χ1v) is 5.85. The first-order valence-electron chi connectivity index (χ1n) is 4.24. The molecule has 0 unspecified atom stereocenters. The Morgan fingerprint density at radius 2 is 2.18 bits per heavy atom. The fourth-order valence-corrected chi connectivity index (χ4v) is 1.91. The lowest BCUT2D eigenvalue weighted by Crippen LogP contribution is -2.19. The third kappa shape index (κ3) is 4.20. The van der Waals surface area contributed by atoms with Gasteiger partial charge in [-0.2, -0.15) is 5.26 Å². The zero-order chi connectivity index (χ0) is 13.1.